The van der Waals surface area contributed by atoms with Crippen molar-refractivity contribution in [2.75, 3.05) is 26.2 Å². The van der Waals surface area contributed by atoms with Crippen LogP contribution in [-0.4, -0.2) is 62.0 Å². The molecule has 11 heteroatoms. The van der Waals surface area contributed by atoms with Gasteiger partial charge in [0.15, 0.2) is 0 Å². The van der Waals surface area contributed by atoms with Crippen LogP contribution in [-0.2, 0) is 17.8 Å². The van der Waals surface area contributed by atoms with Crippen LogP contribution in [0, 0.1) is 13.8 Å². The second-order valence-corrected chi connectivity index (χ2v) is 10.3. The number of piperazine rings is 1. The van der Waals surface area contributed by atoms with Crippen molar-refractivity contribution in [1.29, 1.82) is 0 Å². The van der Waals surface area contributed by atoms with E-state index in [1.54, 1.807) is 11.3 Å². The van der Waals surface area contributed by atoms with Crippen molar-refractivity contribution in [3.63, 3.8) is 0 Å². The van der Waals surface area contributed by atoms with Gasteiger partial charge in [-0.05, 0) is 30.9 Å². The number of rotatable bonds is 6. The minimum absolute atomic E-state index is 0.0775. The molecule has 0 bridgehead atoms. The third-order valence-corrected chi connectivity index (χ3v) is 7.92. The zero-order valence-electron chi connectivity index (χ0n) is 18.5. The molecular formula is C22H24N6O3S2. The van der Waals surface area contributed by atoms with E-state index in [2.05, 4.69) is 25.0 Å². The number of nitrogens with one attached hydrogen (secondary N) is 1. The predicted molar refractivity (Wildman–Crippen MR) is 128 cm³/mol. The van der Waals surface area contributed by atoms with E-state index in [0.29, 0.717) is 55.4 Å². The first-order valence-corrected chi connectivity index (χ1v) is 12.5. The van der Waals surface area contributed by atoms with Gasteiger partial charge in [0.2, 0.25) is 17.6 Å². The summed E-state index contributed by atoms with van der Waals surface area (Å²) in [7, 11) is 0. The number of H-pyrrole nitrogens is 1. The van der Waals surface area contributed by atoms with Crippen LogP contribution in [0.3, 0.4) is 0 Å². The van der Waals surface area contributed by atoms with Gasteiger partial charge in [-0.1, -0.05) is 11.2 Å². The van der Waals surface area contributed by atoms with Crippen molar-refractivity contribution in [2.45, 2.75) is 33.2 Å². The van der Waals surface area contributed by atoms with Gasteiger partial charge >= 0.3 is 0 Å². The highest BCUT2D eigenvalue weighted by Crippen LogP contribution is 2.26. The predicted octanol–water partition coefficient (Wildman–Crippen LogP) is 2.99. The van der Waals surface area contributed by atoms with Crippen LogP contribution < -0.4 is 5.56 Å². The van der Waals surface area contributed by atoms with Gasteiger partial charge in [-0.3, -0.25) is 14.5 Å². The molecule has 0 spiro atoms. The zero-order chi connectivity index (χ0) is 22.9. The van der Waals surface area contributed by atoms with Crippen molar-refractivity contribution in [3.8, 4) is 10.7 Å². The topological polar surface area (TPSA) is 108 Å². The Balaban J connectivity index is 1.13. The highest BCUT2D eigenvalue weighted by Gasteiger charge is 2.23. The lowest BCUT2D eigenvalue weighted by atomic mass is 10.2. The number of hydrogen-bond donors (Lipinski definition) is 1. The molecule has 1 aliphatic heterocycles. The van der Waals surface area contributed by atoms with E-state index in [0.717, 1.165) is 33.2 Å². The Bertz CT molecular complexity index is 1330. The molecule has 1 fully saturated rings. The fourth-order valence-corrected chi connectivity index (χ4v) is 5.67. The van der Waals surface area contributed by atoms with Gasteiger partial charge < -0.3 is 14.4 Å². The molecule has 33 heavy (non-hydrogen) atoms. The molecule has 1 amide bonds. The molecule has 1 aliphatic rings. The Morgan fingerprint density at radius 3 is 2.79 bits per heavy atom. The molecule has 0 unspecified atom stereocenters. The zero-order valence-corrected chi connectivity index (χ0v) is 20.1. The maximum absolute atomic E-state index is 12.7. The minimum atomic E-state index is -0.124. The number of amides is 1. The fraction of sp³-hybridized carbons (Fsp3) is 0.409. The first-order valence-electron chi connectivity index (χ1n) is 10.8. The number of nitrogens with zero attached hydrogens (tertiary/aromatic N) is 5. The number of aryl methyl sites for hydroxylation is 3. The standard InChI is InChI=1S/C22H24N6O3S2/c1-13-14(2)33-22-19(13)21(30)23-16(24-22)5-6-18(29)28-9-7-27(8-10-28)12-17-25-20(26-31-17)15-4-3-11-32-15/h3-4,11H,5-10,12H2,1-2H3,(H,23,24,30). The number of aromatic nitrogens is 4. The monoisotopic (exact) mass is 484 g/mol. The number of carbonyl (C=O) groups excluding carboxylic acids is 1. The van der Waals surface area contributed by atoms with E-state index < -0.39 is 0 Å². The van der Waals surface area contributed by atoms with Gasteiger partial charge in [-0.25, -0.2) is 4.98 Å². The number of thiophene rings is 2. The lowest BCUT2D eigenvalue weighted by Gasteiger charge is -2.34. The van der Waals surface area contributed by atoms with Crippen LogP contribution in [0.15, 0.2) is 26.8 Å². The first kappa shape index (κ1) is 21.9. The molecule has 5 heterocycles. The van der Waals surface area contributed by atoms with Crippen LogP contribution in [0.25, 0.3) is 20.9 Å². The summed E-state index contributed by atoms with van der Waals surface area (Å²) in [6.07, 6.45) is 0.749. The minimum Gasteiger partial charge on any atom is -0.340 e. The van der Waals surface area contributed by atoms with Gasteiger partial charge in [0, 0.05) is 43.9 Å². The summed E-state index contributed by atoms with van der Waals surface area (Å²) >= 11 is 3.10. The van der Waals surface area contributed by atoms with Gasteiger partial charge in [0.05, 0.1) is 16.8 Å². The van der Waals surface area contributed by atoms with Crippen molar-refractivity contribution >= 4 is 38.8 Å². The smallest absolute Gasteiger partial charge is 0.259 e. The number of hydrogen-bond acceptors (Lipinski definition) is 9. The van der Waals surface area contributed by atoms with Gasteiger partial charge in [0.1, 0.15) is 10.7 Å². The highest BCUT2D eigenvalue weighted by molar-refractivity contribution is 7.18. The maximum Gasteiger partial charge on any atom is 0.259 e. The van der Waals surface area contributed by atoms with Crippen LogP contribution in [0.2, 0.25) is 0 Å². The molecule has 172 valence electrons. The summed E-state index contributed by atoms with van der Waals surface area (Å²) in [5.74, 6) is 1.85. The van der Waals surface area contributed by atoms with E-state index >= 15 is 0 Å². The van der Waals surface area contributed by atoms with E-state index in [9.17, 15) is 9.59 Å². The van der Waals surface area contributed by atoms with Crippen molar-refractivity contribution in [3.05, 3.63) is 50.0 Å². The first-order chi connectivity index (χ1) is 16.0. The summed E-state index contributed by atoms with van der Waals surface area (Å²) in [4.78, 5) is 44.0. The molecule has 9 nitrogen and oxygen atoms in total. The molecule has 5 rings (SSSR count). The molecule has 0 saturated carbocycles. The van der Waals surface area contributed by atoms with Crippen LogP contribution >= 0.6 is 22.7 Å². The van der Waals surface area contributed by atoms with Gasteiger partial charge in [-0.2, -0.15) is 4.98 Å². The molecule has 1 saturated heterocycles. The van der Waals surface area contributed by atoms with E-state index in [1.165, 1.54) is 11.3 Å². The van der Waals surface area contributed by atoms with Crippen LogP contribution in [0.5, 0.6) is 0 Å². The molecular weight excluding hydrogens is 460 g/mol. The summed E-state index contributed by atoms with van der Waals surface area (Å²) in [6.45, 7) is 7.30. The molecule has 4 aromatic heterocycles. The Hall–Kier alpha value is -2.89. The lowest BCUT2D eigenvalue weighted by molar-refractivity contribution is -0.133. The lowest BCUT2D eigenvalue weighted by Crippen LogP contribution is -2.48. The number of fused-ring (bicyclic) bond motifs is 1. The van der Waals surface area contributed by atoms with Gasteiger partial charge in [-0.15, -0.1) is 22.7 Å². The Morgan fingerprint density at radius 1 is 1.21 bits per heavy atom. The quantitative estimate of drug-likeness (QED) is 0.448. The largest absolute Gasteiger partial charge is 0.340 e. The fourth-order valence-electron chi connectivity index (χ4n) is 3.97. The summed E-state index contributed by atoms with van der Waals surface area (Å²) in [5.41, 5.74) is 0.855. The van der Waals surface area contributed by atoms with E-state index in [1.807, 2.05) is 36.3 Å². The normalized spacial score (nSPS) is 14.9. The van der Waals surface area contributed by atoms with Crippen molar-refractivity contribution < 1.29 is 9.32 Å². The maximum atomic E-state index is 12.7. The van der Waals surface area contributed by atoms with Crippen molar-refractivity contribution in [2.24, 2.45) is 0 Å². The molecule has 0 aromatic carbocycles. The third-order valence-electron chi connectivity index (χ3n) is 5.96. The number of aromatic amines is 1. The van der Waals surface area contributed by atoms with Crippen molar-refractivity contribution in [1.82, 2.24) is 29.9 Å². The average molecular weight is 485 g/mol. The van der Waals surface area contributed by atoms with Crippen LogP contribution in [0.4, 0.5) is 0 Å². The molecule has 0 radical (unpaired) electrons. The summed E-state index contributed by atoms with van der Waals surface area (Å²) in [6, 6.07) is 3.93. The highest BCUT2D eigenvalue weighted by atomic mass is 32.1. The summed E-state index contributed by atoms with van der Waals surface area (Å²) in [5, 5.41) is 6.70. The second kappa shape index (κ2) is 9.16. The van der Waals surface area contributed by atoms with E-state index in [4.69, 9.17) is 4.52 Å². The Morgan fingerprint density at radius 2 is 2.03 bits per heavy atom. The van der Waals surface area contributed by atoms with Gasteiger partial charge in [0.25, 0.3) is 5.56 Å². The Labute approximate surface area is 198 Å². The third kappa shape index (κ3) is 4.61. The molecule has 1 N–H and O–H groups in total. The summed E-state index contributed by atoms with van der Waals surface area (Å²) < 4.78 is 5.39. The van der Waals surface area contributed by atoms with E-state index in [-0.39, 0.29) is 11.5 Å². The second-order valence-electron chi connectivity index (χ2n) is 8.12. The van der Waals surface area contributed by atoms with Crippen LogP contribution in [0.1, 0.15) is 28.6 Å². The Kier molecular flexibility index (Phi) is 6.09. The molecule has 0 aliphatic carbocycles. The number of carbonyl (C=O) groups is 1. The average Bonchev–Trinajstić information content (AvgIpc) is 3.54. The SMILES string of the molecule is Cc1sc2nc(CCC(=O)N3CCN(Cc4nc(-c5cccs5)no4)CC3)[nH]c(=O)c2c1C. The molecule has 4 aromatic rings. The molecule has 0 atom stereocenters.